The fraction of sp³-hybridized carbons (Fsp3) is 0.545. The summed E-state index contributed by atoms with van der Waals surface area (Å²) in [6.45, 7) is 6.26. The molecule has 176 valence electrons. The number of nitrogens with one attached hydrogen (secondary N) is 2. The minimum atomic E-state index is -1.12. The van der Waals surface area contributed by atoms with E-state index in [0.29, 0.717) is 18.4 Å². The quantitative estimate of drug-likeness (QED) is 0.514. The second-order valence-corrected chi connectivity index (χ2v) is 8.64. The number of aromatic hydroxyl groups is 1. The standard InChI is InChI=1S/C22H31N3O7/c1-13(24-21(30)32-22(2,3)4)20(29)25(15-9-10-15)18(14-7-6-8-16(26)11-14)19(28)23-12-17(27)31-5/h6-8,11,13,15,18,26H,9-10,12H2,1-5H3,(H,23,28)(H,24,30). The number of phenols is 1. The summed E-state index contributed by atoms with van der Waals surface area (Å²) in [6, 6.07) is 3.69. The van der Waals surface area contributed by atoms with E-state index >= 15 is 0 Å². The molecule has 0 saturated heterocycles. The van der Waals surface area contributed by atoms with Crippen LogP contribution in [0.4, 0.5) is 4.79 Å². The van der Waals surface area contributed by atoms with Gasteiger partial charge in [0.15, 0.2) is 0 Å². The molecular weight excluding hydrogens is 418 g/mol. The predicted octanol–water partition coefficient (Wildman–Crippen LogP) is 1.63. The van der Waals surface area contributed by atoms with Crippen LogP contribution in [0.2, 0.25) is 0 Å². The van der Waals surface area contributed by atoms with Crippen LogP contribution in [0, 0.1) is 0 Å². The number of amides is 3. The lowest BCUT2D eigenvalue weighted by Crippen LogP contribution is -2.53. The van der Waals surface area contributed by atoms with Gasteiger partial charge in [-0.25, -0.2) is 4.79 Å². The number of phenolic OH excluding ortho intramolecular Hbond substituents is 1. The molecule has 32 heavy (non-hydrogen) atoms. The molecule has 0 aliphatic heterocycles. The SMILES string of the molecule is COC(=O)CNC(=O)C(c1cccc(O)c1)N(C(=O)C(C)NC(=O)OC(C)(C)C)C1CC1. The van der Waals surface area contributed by atoms with Crippen LogP contribution in [0.15, 0.2) is 24.3 Å². The summed E-state index contributed by atoms with van der Waals surface area (Å²) in [6.07, 6.45) is 0.618. The number of ether oxygens (including phenoxy) is 2. The monoisotopic (exact) mass is 449 g/mol. The Morgan fingerprint density at radius 1 is 1.22 bits per heavy atom. The molecule has 1 aromatic carbocycles. The minimum absolute atomic E-state index is 0.0728. The van der Waals surface area contributed by atoms with Gasteiger partial charge in [0.2, 0.25) is 11.8 Å². The van der Waals surface area contributed by atoms with Gasteiger partial charge in [-0.1, -0.05) is 12.1 Å². The zero-order chi connectivity index (χ0) is 24.1. The summed E-state index contributed by atoms with van der Waals surface area (Å²) < 4.78 is 9.77. The molecule has 2 atom stereocenters. The highest BCUT2D eigenvalue weighted by molar-refractivity contribution is 5.93. The molecule has 2 unspecified atom stereocenters. The van der Waals surface area contributed by atoms with Gasteiger partial charge in [0.1, 0.15) is 30.0 Å². The summed E-state index contributed by atoms with van der Waals surface area (Å²) >= 11 is 0. The Balaban J connectivity index is 2.30. The Morgan fingerprint density at radius 3 is 2.41 bits per heavy atom. The van der Waals surface area contributed by atoms with Crippen molar-refractivity contribution in [2.45, 2.75) is 64.3 Å². The highest BCUT2D eigenvalue weighted by atomic mass is 16.6. The number of alkyl carbamates (subject to hydrolysis) is 1. The fourth-order valence-corrected chi connectivity index (χ4v) is 3.10. The second kappa shape index (κ2) is 10.3. The number of carbonyl (C=O) groups is 4. The van der Waals surface area contributed by atoms with Gasteiger partial charge in [-0.2, -0.15) is 0 Å². The van der Waals surface area contributed by atoms with E-state index in [2.05, 4.69) is 15.4 Å². The van der Waals surface area contributed by atoms with Crippen LogP contribution in [-0.4, -0.2) is 65.2 Å². The first-order valence-corrected chi connectivity index (χ1v) is 10.4. The van der Waals surface area contributed by atoms with Crippen molar-refractivity contribution in [3.8, 4) is 5.75 Å². The molecule has 10 nitrogen and oxygen atoms in total. The first-order valence-electron chi connectivity index (χ1n) is 10.4. The van der Waals surface area contributed by atoms with Crippen molar-refractivity contribution >= 4 is 23.9 Å². The predicted molar refractivity (Wildman–Crippen MR) is 115 cm³/mol. The van der Waals surface area contributed by atoms with E-state index in [1.807, 2.05) is 0 Å². The first kappa shape index (κ1) is 25.0. The highest BCUT2D eigenvalue weighted by Gasteiger charge is 2.43. The molecule has 0 bridgehead atoms. The first-order chi connectivity index (χ1) is 14.9. The molecule has 10 heteroatoms. The third kappa shape index (κ3) is 7.14. The van der Waals surface area contributed by atoms with Crippen LogP contribution >= 0.6 is 0 Å². The average Bonchev–Trinajstić information content (AvgIpc) is 3.52. The largest absolute Gasteiger partial charge is 0.508 e. The molecule has 1 fully saturated rings. The topological polar surface area (TPSA) is 134 Å². The summed E-state index contributed by atoms with van der Waals surface area (Å²) in [7, 11) is 1.20. The molecule has 1 aliphatic rings. The summed E-state index contributed by atoms with van der Waals surface area (Å²) in [5.74, 6) is -1.81. The van der Waals surface area contributed by atoms with Gasteiger partial charge >= 0.3 is 12.1 Å². The van der Waals surface area contributed by atoms with E-state index in [0.717, 1.165) is 0 Å². The van der Waals surface area contributed by atoms with Crippen molar-refractivity contribution in [3.63, 3.8) is 0 Å². The molecule has 0 aromatic heterocycles. The normalized spacial score (nSPS) is 15.2. The van der Waals surface area contributed by atoms with Gasteiger partial charge in [0.25, 0.3) is 0 Å². The number of hydrogen-bond acceptors (Lipinski definition) is 7. The zero-order valence-electron chi connectivity index (χ0n) is 19.0. The molecule has 1 aromatic rings. The Labute approximate surface area is 187 Å². The molecule has 1 saturated carbocycles. The maximum absolute atomic E-state index is 13.3. The van der Waals surface area contributed by atoms with E-state index in [1.165, 1.54) is 31.1 Å². The molecule has 0 spiro atoms. The Hall–Kier alpha value is -3.30. The molecule has 3 N–H and O–H groups in total. The van der Waals surface area contributed by atoms with Gasteiger partial charge in [0.05, 0.1) is 7.11 Å². The van der Waals surface area contributed by atoms with Gasteiger partial charge in [-0.3, -0.25) is 14.4 Å². The van der Waals surface area contributed by atoms with Crippen molar-refractivity contribution in [3.05, 3.63) is 29.8 Å². The third-order valence-electron chi connectivity index (χ3n) is 4.65. The van der Waals surface area contributed by atoms with E-state index in [9.17, 15) is 24.3 Å². The smallest absolute Gasteiger partial charge is 0.408 e. The molecule has 1 aliphatic carbocycles. The average molecular weight is 450 g/mol. The van der Waals surface area contributed by atoms with Gasteiger partial charge < -0.3 is 30.1 Å². The summed E-state index contributed by atoms with van der Waals surface area (Å²) in [4.78, 5) is 51.5. The zero-order valence-corrected chi connectivity index (χ0v) is 19.0. The molecule has 3 amide bonds. The van der Waals surface area contributed by atoms with E-state index in [1.54, 1.807) is 32.9 Å². The van der Waals surface area contributed by atoms with Crippen LogP contribution in [0.3, 0.4) is 0 Å². The van der Waals surface area contributed by atoms with Crippen molar-refractivity contribution in [1.82, 2.24) is 15.5 Å². The number of hydrogen-bond donors (Lipinski definition) is 3. The van der Waals surface area contributed by atoms with Gasteiger partial charge in [-0.05, 0) is 58.2 Å². The number of nitrogens with zero attached hydrogens (tertiary/aromatic N) is 1. The van der Waals surface area contributed by atoms with Crippen molar-refractivity contribution in [2.75, 3.05) is 13.7 Å². The Kier molecular flexibility index (Phi) is 8.07. The third-order valence-corrected chi connectivity index (χ3v) is 4.65. The summed E-state index contributed by atoms with van der Waals surface area (Å²) in [5.41, 5.74) is -0.363. The van der Waals surface area contributed by atoms with Crippen molar-refractivity contribution in [1.29, 1.82) is 0 Å². The van der Waals surface area contributed by atoms with Crippen LogP contribution in [0.25, 0.3) is 0 Å². The lowest BCUT2D eigenvalue weighted by atomic mass is 10.0. The minimum Gasteiger partial charge on any atom is -0.508 e. The van der Waals surface area contributed by atoms with E-state index in [-0.39, 0.29) is 18.3 Å². The highest BCUT2D eigenvalue weighted by Crippen LogP contribution is 2.36. The van der Waals surface area contributed by atoms with Crippen LogP contribution < -0.4 is 10.6 Å². The summed E-state index contributed by atoms with van der Waals surface area (Å²) in [5, 5.41) is 14.9. The Morgan fingerprint density at radius 2 is 1.88 bits per heavy atom. The molecule has 0 radical (unpaired) electrons. The van der Waals surface area contributed by atoms with Crippen LogP contribution in [0.1, 0.15) is 52.1 Å². The number of esters is 1. The Bertz CT molecular complexity index is 861. The fourth-order valence-electron chi connectivity index (χ4n) is 3.10. The van der Waals surface area contributed by atoms with E-state index < -0.39 is 41.6 Å². The number of rotatable bonds is 8. The molecule has 0 heterocycles. The van der Waals surface area contributed by atoms with Crippen molar-refractivity contribution in [2.24, 2.45) is 0 Å². The van der Waals surface area contributed by atoms with Crippen molar-refractivity contribution < 1.29 is 33.8 Å². The van der Waals surface area contributed by atoms with Crippen LogP contribution in [0.5, 0.6) is 5.75 Å². The van der Waals surface area contributed by atoms with E-state index in [4.69, 9.17) is 4.74 Å². The number of methoxy groups -OCH3 is 1. The second-order valence-electron chi connectivity index (χ2n) is 8.64. The number of benzene rings is 1. The molecular formula is C22H31N3O7. The molecule has 2 rings (SSSR count). The maximum Gasteiger partial charge on any atom is 0.408 e. The van der Waals surface area contributed by atoms with Crippen LogP contribution in [-0.2, 0) is 23.9 Å². The van der Waals surface area contributed by atoms with Gasteiger partial charge in [-0.15, -0.1) is 0 Å². The van der Waals surface area contributed by atoms with Gasteiger partial charge in [0, 0.05) is 6.04 Å². The maximum atomic E-state index is 13.3. The lowest BCUT2D eigenvalue weighted by molar-refractivity contribution is -0.145. The lowest BCUT2D eigenvalue weighted by Gasteiger charge is -2.33. The number of carbonyl (C=O) groups excluding carboxylic acids is 4.